The number of halogens is 2. The van der Waals surface area contributed by atoms with Gasteiger partial charge in [-0.15, -0.1) is 0 Å². The van der Waals surface area contributed by atoms with Crippen LogP contribution in [-0.2, 0) is 14.4 Å². The summed E-state index contributed by atoms with van der Waals surface area (Å²) in [7, 11) is 1.51. The average Bonchev–Trinajstić information content (AvgIpc) is 2.77. The van der Waals surface area contributed by atoms with Crippen LogP contribution in [0.25, 0.3) is 10.9 Å². The van der Waals surface area contributed by atoms with E-state index in [2.05, 4.69) is 15.3 Å². The zero-order valence-electron chi connectivity index (χ0n) is 18.9. The Balaban J connectivity index is 1.48. The SMILES string of the molecule is COc1cc2ncnc(Nc3ccc(F)c(Cl)c3)c2cc1OOCCN1CC(=O)OC(C)(C)C1. The molecule has 0 bridgehead atoms. The highest BCUT2D eigenvalue weighted by atomic mass is 35.5. The molecule has 1 fully saturated rings. The molecule has 0 aliphatic carbocycles. The molecule has 0 radical (unpaired) electrons. The number of benzene rings is 2. The molecule has 3 aromatic rings. The summed E-state index contributed by atoms with van der Waals surface area (Å²) in [6.45, 7) is 5.22. The number of hydrogen-bond acceptors (Lipinski definition) is 9. The standard InChI is InChI=1S/C23H24ClFN4O5/c1-23(2)12-29(11-21(30)33-23)6-7-32-34-20-9-15-18(10-19(20)31-3)26-13-27-22(15)28-14-4-5-17(25)16(24)8-14/h4-5,8-10,13H,6-7,11-12H2,1-3H3,(H,26,27,28). The Morgan fingerprint density at radius 2 is 2.06 bits per heavy atom. The Morgan fingerprint density at radius 1 is 1.24 bits per heavy atom. The second kappa shape index (κ2) is 9.96. The van der Waals surface area contributed by atoms with Crippen molar-refractivity contribution in [2.24, 2.45) is 0 Å². The fraction of sp³-hybridized carbons (Fsp3) is 0.348. The number of morpholine rings is 1. The van der Waals surface area contributed by atoms with Crippen LogP contribution >= 0.6 is 11.6 Å². The largest absolute Gasteiger partial charge is 0.493 e. The highest BCUT2D eigenvalue weighted by Crippen LogP contribution is 2.35. The molecule has 0 spiro atoms. The first-order valence-corrected chi connectivity index (χ1v) is 10.9. The van der Waals surface area contributed by atoms with Crippen LogP contribution in [-0.4, -0.2) is 59.8 Å². The van der Waals surface area contributed by atoms with Gasteiger partial charge in [0, 0.05) is 36.3 Å². The Hall–Kier alpha value is -3.21. The number of fused-ring (bicyclic) bond motifs is 1. The lowest BCUT2D eigenvalue weighted by Gasteiger charge is -2.36. The van der Waals surface area contributed by atoms with Crippen LogP contribution in [0.2, 0.25) is 5.02 Å². The van der Waals surface area contributed by atoms with Crippen LogP contribution in [0.15, 0.2) is 36.7 Å². The molecule has 180 valence electrons. The Kier molecular flexibility index (Phi) is 7.01. The summed E-state index contributed by atoms with van der Waals surface area (Å²) in [5.74, 6) is 0.431. The van der Waals surface area contributed by atoms with E-state index in [4.69, 9.17) is 30.8 Å². The lowest BCUT2D eigenvalue weighted by molar-refractivity contribution is -0.213. The van der Waals surface area contributed by atoms with Gasteiger partial charge in [0.15, 0.2) is 5.75 Å². The summed E-state index contributed by atoms with van der Waals surface area (Å²) in [6, 6.07) is 7.66. The van der Waals surface area contributed by atoms with Crippen molar-refractivity contribution in [2.75, 3.05) is 38.7 Å². The molecule has 1 saturated heterocycles. The first-order valence-electron chi connectivity index (χ1n) is 10.5. The lowest BCUT2D eigenvalue weighted by Crippen LogP contribution is -2.51. The molecule has 0 saturated carbocycles. The van der Waals surface area contributed by atoms with Crippen molar-refractivity contribution in [2.45, 2.75) is 19.4 Å². The van der Waals surface area contributed by atoms with Crippen LogP contribution in [0.1, 0.15) is 13.8 Å². The van der Waals surface area contributed by atoms with E-state index >= 15 is 0 Å². The van der Waals surface area contributed by atoms with Crippen molar-refractivity contribution < 1.29 is 28.4 Å². The minimum Gasteiger partial charge on any atom is -0.493 e. The summed E-state index contributed by atoms with van der Waals surface area (Å²) in [6.07, 6.45) is 1.40. The summed E-state index contributed by atoms with van der Waals surface area (Å²) >= 11 is 5.88. The van der Waals surface area contributed by atoms with Gasteiger partial charge in [-0.25, -0.2) is 14.4 Å². The average molecular weight is 491 g/mol. The van der Waals surface area contributed by atoms with E-state index in [1.165, 1.54) is 25.6 Å². The minimum absolute atomic E-state index is 0.00666. The van der Waals surface area contributed by atoms with Gasteiger partial charge in [-0.1, -0.05) is 11.6 Å². The lowest BCUT2D eigenvalue weighted by atomic mass is 10.1. The molecule has 2 aromatic carbocycles. The summed E-state index contributed by atoms with van der Waals surface area (Å²) in [5, 5.41) is 3.73. The third-order valence-electron chi connectivity index (χ3n) is 5.09. The van der Waals surface area contributed by atoms with Gasteiger partial charge in [0.1, 0.15) is 30.2 Å². The number of aromatic nitrogens is 2. The quantitative estimate of drug-likeness (QED) is 0.216. The maximum absolute atomic E-state index is 13.5. The van der Waals surface area contributed by atoms with Crippen LogP contribution < -0.4 is 14.9 Å². The first-order chi connectivity index (χ1) is 16.2. The predicted molar refractivity (Wildman–Crippen MR) is 124 cm³/mol. The van der Waals surface area contributed by atoms with E-state index in [9.17, 15) is 9.18 Å². The smallest absolute Gasteiger partial charge is 0.320 e. The summed E-state index contributed by atoms with van der Waals surface area (Å²) in [5.41, 5.74) is 0.614. The molecule has 0 atom stereocenters. The van der Waals surface area contributed by atoms with Crippen LogP contribution in [0.3, 0.4) is 0 Å². The molecule has 0 unspecified atom stereocenters. The third-order valence-corrected chi connectivity index (χ3v) is 5.38. The second-order valence-electron chi connectivity index (χ2n) is 8.35. The number of methoxy groups -OCH3 is 1. The van der Waals surface area contributed by atoms with Gasteiger partial charge >= 0.3 is 5.97 Å². The molecule has 1 aliphatic heterocycles. The molecule has 4 rings (SSSR count). The molecule has 1 aromatic heterocycles. The molecule has 1 N–H and O–H groups in total. The van der Waals surface area contributed by atoms with Crippen molar-refractivity contribution >= 4 is 40.0 Å². The predicted octanol–water partition coefficient (Wildman–Crippen LogP) is 4.12. The maximum Gasteiger partial charge on any atom is 0.320 e. The van der Waals surface area contributed by atoms with Gasteiger partial charge in [-0.2, -0.15) is 4.89 Å². The van der Waals surface area contributed by atoms with E-state index in [-0.39, 0.29) is 24.1 Å². The number of ether oxygens (including phenoxy) is 2. The van der Waals surface area contributed by atoms with Crippen LogP contribution in [0, 0.1) is 5.82 Å². The van der Waals surface area contributed by atoms with Crippen molar-refractivity contribution in [1.82, 2.24) is 14.9 Å². The molecular weight excluding hydrogens is 467 g/mol. The number of hydrogen-bond donors (Lipinski definition) is 1. The van der Waals surface area contributed by atoms with E-state index in [0.29, 0.717) is 47.0 Å². The first kappa shape index (κ1) is 23.9. The zero-order valence-corrected chi connectivity index (χ0v) is 19.7. The molecule has 1 aliphatic rings. The van der Waals surface area contributed by atoms with Gasteiger partial charge in [0.05, 0.1) is 24.2 Å². The minimum atomic E-state index is -0.546. The van der Waals surface area contributed by atoms with Crippen LogP contribution in [0.5, 0.6) is 11.5 Å². The van der Waals surface area contributed by atoms with Gasteiger partial charge in [-0.05, 0) is 32.0 Å². The van der Waals surface area contributed by atoms with Crippen molar-refractivity contribution in [3.05, 3.63) is 47.5 Å². The number of rotatable bonds is 8. The van der Waals surface area contributed by atoms with E-state index < -0.39 is 11.4 Å². The van der Waals surface area contributed by atoms with Gasteiger partial charge < -0.3 is 19.7 Å². The monoisotopic (exact) mass is 490 g/mol. The summed E-state index contributed by atoms with van der Waals surface area (Å²) < 4.78 is 24.2. The second-order valence-corrected chi connectivity index (χ2v) is 8.75. The fourth-order valence-corrected chi connectivity index (χ4v) is 3.86. The Bertz CT molecular complexity index is 1210. The van der Waals surface area contributed by atoms with Gasteiger partial charge in [-0.3, -0.25) is 9.69 Å². The Labute approximate surface area is 200 Å². The van der Waals surface area contributed by atoms with E-state index in [1.807, 2.05) is 18.7 Å². The normalized spacial score (nSPS) is 15.7. The van der Waals surface area contributed by atoms with Crippen molar-refractivity contribution in [3.63, 3.8) is 0 Å². The topological polar surface area (TPSA) is 95.0 Å². The maximum atomic E-state index is 13.5. The fourth-order valence-electron chi connectivity index (χ4n) is 3.68. The Morgan fingerprint density at radius 3 is 2.79 bits per heavy atom. The molecule has 11 heteroatoms. The van der Waals surface area contributed by atoms with Crippen molar-refractivity contribution in [3.8, 4) is 11.5 Å². The number of esters is 1. The third kappa shape index (κ3) is 5.64. The van der Waals surface area contributed by atoms with E-state index in [1.54, 1.807) is 18.2 Å². The van der Waals surface area contributed by atoms with Crippen molar-refractivity contribution in [1.29, 1.82) is 0 Å². The molecule has 0 amide bonds. The summed E-state index contributed by atoms with van der Waals surface area (Å²) in [4.78, 5) is 33.2. The van der Waals surface area contributed by atoms with Crippen LogP contribution in [0.4, 0.5) is 15.9 Å². The number of carbonyl (C=O) groups excluding carboxylic acids is 1. The number of nitrogens with one attached hydrogen (secondary N) is 1. The van der Waals surface area contributed by atoms with Gasteiger partial charge in [0.2, 0.25) is 5.75 Å². The number of anilines is 2. The highest BCUT2D eigenvalue weighted by Gasteiger charge is 2.32. The number of cyclic esters (lactones) is 1. The number of carbonyl (C=O) groups is 1. The van der Waals surface area contributed by atoms with E-state index in [0.717, 1.165) is 0 Å². The molecule has 2 heterocycles. The molecule has 34 heavy (non-hydrogen) atoms. The zero-order chi connectivity index (χ0) is 24.3. The molecule has 9 nitrogen and oxygen atoms in total. The highest BCUT2D eigenvalue weighted by molar-refractivity contribution is 6.31. The van der Waals surface area contributed by atoms with Gasteiger partial charge in [0.25, 0.3) is 0 Å². The number of nitrogens with zero attached hydrogens (tertiary/aromatic N) is 3. The molecular formula is C23H24ClFN4O5.